The highest BCUT2D eigenvalue weighted by atomic mass is 32.2. The van der Waals surface area contributed by atoms with Gasteiger partial charge in [0.05, 0.1) is 5.75 Å². The Morgan fingerprint density at radius 1 is 1.06 bits per heavy atom. The first-order valence-electron chi connectivity index (χ1n) is 6.79. The van der Waals surface area contributed by atoms with Crippen LogP contribution in [0.4, 0.5) is 0 Å². The zero-order valence-electron chi connectivity index (χ0n) is 10.1. The maximum Gasteiger partial charge on any atom is 0.173 e. The quantitative estimate of drug-likeness (QED) is 0.837. The van der Waals surface area contributed by atoms with Crippen molar-refractivity contribution in [1.29, 1.82) is 0 Å². The molecule has 0 amide bonds. The van der Waals surface area contributed by atoms with Crippen molar-refractivity contribution < 1.29 is 8.42 Å². The van der Waals surface area contributed by atoms with Gasteiger partial charge in [-0.15, -0.1) is 0 Å². The van der Waals surface area contributed by atoms with Crippen molar-refractivity contribution in [3.63, 3.8) is 0 Å². The van der Waals surface area contributed by atoms with Crippen molar-refractivity contribution in [2.24, 2.45) is 11.8 Å². The Balaban J connectivity index is 1.53. The van der Waals surface area contributed by atoms with Crippen molar-refractivity contribution in [2.75, 3.05) is 5.75 Å². The Labute approximate surface area is 104 Å². The Morgan fingerprint density at radius 3 is 2.53 bits per heavy atom. The fraction of sp³-hybridized carbons (Fsp3) is 0.846. The zero-order valence-corrected chi connectivity index (χ0v) is 11.0. The molecule has 1 aliphatic heterocycles. The summed E-state index contributed by atoms with van der Waals surface area (Å²) in [6.07, 6.45) is 9.84. The standard InChI is InChI=1S/C13H21NO2S/c15-17(16)7-6-13(9-17)14-12-3-1-2-11(8-12)10-4-5-10/h6-7,10-14H,1-5,8-9H2. The van der Waals surface area contributed by atoms with E-state index in [2.05, 4.69) is 5.32 Å². The maximum atomic E-state index is 11.3. The molecule has 17 heavy (non-hydrogen) atoms. The fourth-order valence-electron chi connectivity index (χ4n) is 3.36. The van der Waals surface area contributed by atoms with Gasteiger partial charge >= 0.3 is 0 Å². The number of sulfone groups is 1. The highest BCUT2D eigenvalue weighted by Crippen LogP contribution is 2.43. The van der Waals surface area contributed by atoms with Crippen LogP contribution >= 0.6 is 0 Å². The Kier molecular flexibility index (Phi) is 3.03. The van der Waals surface area contributed by atoms with E-state index in [0.29, 0.717) is 6.04 Å². The molecule has 3 aliphatic rings. The van der Waals surface area contributed by atoms with Crippen LogP contribution < -0.4 is 5.32 Å². The van der Waals surface area contributed by atoms with Gasteiger partial charge in [0.15, 0.2) is 9.84 Å². The molecular weight excluding hydrogens is 234 g/mol. The highest BCUT2D eigenvalue weighted by Gasteiger charge is 2.35. The predicted molar refractivity (Wildman–Crippen MR) is 68.3 cm³/mol. The summed E-state index contributed by atoms with van der Waals surface area (Å²) in [6.45, 7) is 0. The molecule has 2 aliphatic carbocycles. The molecule has 3 rings (SSSR count). The minimum absolute atomic E-state index is 0.0583. The molecule has 3 unspecified atom stereocenters. The topological polar surface area (TPSA) is 46.2 Å². The van der Waals surface area contributed by atoms with Crippen LogP contribution in [0.1, 0.15) is 38.5 Å². The van der Waals surface area contributed by atoms with E-state index >= 15 is 0 Å². The molecule has 0 bridgehead atoms. The number of nitrogens with one attached hydrogen (secondary N) is 1. The first-order chi connectivity index (χ1) is 8.12. The van der Waals surface area contributed by atoms with Gasteiger partial charge < -0.3 is 5.32 Å². The minimum atomic E-state index is -2.91. The molecule has 3 nitrogen and oxygen atoms in total. The van der Waals surface area contributed by atoms with Gasteiger partial charge in [-0.3, -0.25) is 0 Å². The van der Waals surface area contributed by atoms with Crippen molar-refractivity contribution >= 4 is 9.84 Å². The summed E-state index contributed by atoms with van der Waals surface area (Å²) >= 11 is 0. The summed E-state index contributed by atoms with van der Waals surface area (Å²) in [5.74, 6) is 2.16. The Bertz CT molecular complexity index is 411. The van der Waals surface area contributed by atoms with Crippen LogP contribution in [-0.2, 0) is 9.84 Å². The van der Waals surface area contributed by atoms with E-state index in [1.54, 1.807) is 0 Å². The van der Waals surface area contributed by atoms with Gasteiger partial charge in [-0.25, -0.2) is 8.42 Å². The van der Waals surface area contributed by atoms with Gasteiger partial charge in [0.2, 0.25) is 0 Å². The van der Waals surface area contributed by atoms with Gasteiger partial charge in [-0.2, -0.15) is 0 Å². The lowest BCUT2D eigenvalue weighted by molar-refractivity contribution is 0.256. The fourth-order valence-corrected chi connectivity index (χ4v) is 4.61. The second-order valence-electron chi connectivity index (χ2n) is 5.89. The number of hydrogen-bond acceptors (Lipinski definition) is 3. The first kappa shape index (κ1) is 11.7. The molecule has 0 radical (unpaired) electrons. The first-order valence-corrected chi connectivity index (χ1v) is 8.51. The van der Waals surface area contributed by atoms with Crippen LogP contribution in [0.2, 0.25) is 0 Å². The Hall–Kier alpha value is -0.350. The van der Waals surface area contributed by atoms with Gasteiger partial charge in [-0.1, -0.05) is 18.9 Å². The molecule has 4 heteroatoms. The molecule has 0 aromatic rings. The van der Waals surface area contributed by atoms with E-state index in [0.717, 1.165) is 11.8 Å². The van der Waals surface area contributed by atoms with Crippen LogP contribution in [0.5, 0.6) is 0 Å². The third-order valence-corrected chi connectivity index (χ3v) is 5.78. The summed E-state index contributed by atoms with van der Waals surface area (Å²) in [5, 5.41) is 4.89. The van der Waals surface area contributed by atoms with Crippen molar-refractivity contribution in [3.8, 4) is 0 Å². The monoisotopic (exact) mass is 255 g/mol. The summed E-state index contributed by atoms with van der Waals surface area (Å²) in [5.41, 5.74) is 0. The summed E-state index contributed by atoms with van der Waals surface area (Å²) in [6, 6.07) is 0.597. The third-order valence-electron chi connectivity index (χ3n) is 4.38. The van der Waals surface area contributed by atoms with Crippen molar-refractivity contribution in [2.45, 2.75) is 50.6 Å². The lowest BCUT2D eigenvalue weighted by Gasteiger charge is -2.31. The summed E-state index contributed by atoms with van der Waals surface area (Å²) in [4.78, 5) is 0. The lowest BCUT2D eigenvalue weighted by Crippen LogP contribution is -2.41. The highest BCUT2D eigenvalue weighted by molar-refractivity contribution is 7.94. The zero-order chi connectivity index (χ0) is 11.9. The van der Waals surface area contributed by atoms with Crippen LogP contribution in [0, 0.1) is 11.8 Å². The number of rotatable bonds is 3. The molecule has 0 aromatic heterocycles. The van der Waals surface area contributed by atoms with E-state index in [1.807, 2.05) is 6.08 Å². The normalized spacial score (nSPS) is 40.6. The lowest BCUT2D eigenvalue weighted by atomic mass is 9.82. The van der Waals surface area contributed by atoms with E-state index in [9.17, 15) is 8.42 Å². The van der Waals surface area contributed by atoms with Crippen LogP contribution in [0.3, 0.4) is 0 Å². The SMILES string of the molecule is O=S1(=O)C=CC(NC2CCCC(C3CC3)C2)C1. The van der Waals surface area contributed by atoms with Crippen LogP contribution in [-0.4, -0.2) is 26.3 Å². The molecule has 0 saturated heterocycles. The molecule has 2 fully saturated rings. The van der Waals surface area contributed by atoms with Crippen LogP contribution in [0.15, 0.2) is 11.5 Å². The summed E-state index contributed by atoms with van der Waals surface area (Å²) < 4.78 is 22.7. The second-order valence-corrected chi connectivity index (χ2v) is 7.82. The van der Waals surface area contributed by atoms with E-state index in [1.165, 1.54) is 43.9 Å². The van der Waals surface area contributed by atoms with E-state index < -0.39 is 9.84 Å². The molecule has 3 atom stereocenters. The molecule has 0 spiro atoms. The van der Waals surface area contributed by atoms with Gasteiger partial charge in [0, 0.05) is 17.5 Å². The average Bonchev–Trinajstić information content (AvgIpc) is 3.06. The van der Waals surface area contributed by atoms with Crippen molar-refractivity contribution in [1.82, 2.24) is 5.32 Å². The third kappa shape index (κ3) is 2.91. The summed E-state index contributed by atoms with van der Waals surface area (Å²) in [7, 11) is -2.91. The van der Waals surface area contributed by atoms with Gasteiger partial charge in [0.25, 0.3) is 0 Å². The second kappa shape index (κ2) is 4.39. The molecule has 1 heterocycles. The van der Waals surface area contributed by atoms with E-state index in [-0.39, 0.29) is 11.8 Å². The average molecular weight is 255 g/mol. The van der Waals surface area contributed by atoms with Gasteiger partial charge in [-0.05, 0) is 37.5 Å². The molecule has 96 valence electrons. The molecule has 0 aromatic carbocycles. The maximum absolute atomic E-state index is 11.3. The number of hydrogen-bond donors (Lipinski definition) is 1. The van der Waals surface area contributed by atoms with Gasteiger partial charge in [0.1, 0.15) is 0 Å². The molecular formula is C13H21NO2S. The van der Waals surface area contributed by atoms with E-state index in [4.69, 9.17) is 0 Å². The van der Waals surface area contributed by atoms with Crippen LogP contribution in [0.25, 0.3) is 0 Å². The molecule has 1 N–H and O–H groups in total. The minimum Gasteiger partial charge on any atom is -0.307 e. The largest absolute Gasteiger partial charge is 0.307 e. The smallest absolute Gasteiger partial charge is 0.173 e. The van der Waals surface area contributed by atoms with Crippen molar-refractivity contribution in [3.05, 3.63) is 11.5 Å². The predicted octanol–water partition coefficient (Wildman–Crippen LogP) is 1.86. The Morgan fingerprint density at radius 2 is 1.88 bits per heavy atom. The molecule has 2 saturated carbocycles.